The van der Waals surface area contributed by atoms with E-state index in [0.29, 0.717) is 16.9 Å². The van der Waals surface area contributed by atoms with Crippen molar-refractivity contribution in [2.45, 2.75) is 39.2 Å². The average Bonchev–Trinajstić information content (AvgIpc) is 3.32. The molecule has 4 nitrogen and oxygen atoms in total. The van der Waals surface area contributed by atoms with Crippen molar-refractivity contribution in [2.24, 2.45) is 5.92 Å². The highest BCUT2D eigenvalue weighted by Crippen LogP contribution is 2.28. The second-order valence-electron chi connectivity index (χ2n) is 6.47. The van der Waals surface area contributed by atoms with Crippen LogP contribution in [0.1, 0.15) is 43.9 Å². The molecule has 1 fully saturated rings. The van der Waals surface area contributed by atoms with E-state index in [0.717, 1.165) is 30.4 Å². The highest BCUT2D eigenvalue weighted by Gasteiger charge is 2.20. The molecular formula is C18H23ClN4. The average molecular weight is 331 g/mol. The summed E-state index contributed by atoms with van der Waals surface area (Å²) in [5.41, 5.74) is 3.16. The zero-order valence-electron chi connectivity index (χ0n) is 13.6. The fourth-order valence-corrected chi connectivity index (χ4v) is 2.73. The Labute approximate surface area is 142 Å². The number of hydrogen-bond acceptors (Lipinski definition) is 4. The third kappa shape index (κ3) is 4.66. The molecule has 0 unspecified atom stereocenters. The van der Waals surface area contributed by atoms with E-state index in [1.54, 1.807) is 0 Å². The van der Waals surface area contributed by atoms with E-state index < -0.39 is 0 Å². The number of aromatic nitrogens is 2. The Balaban J connectivity index is 1.72. The highest BCUT2D eigenvalue weighted by atomic mass is 35.5. The normalized spacial score (nSPS) is 14.3. The smallest absolute Gasteiger partial charge is 0.227 e. The molecule has 0 spiro atoms. The molecule has 1 aliphatic rings. The molecule has 2 N–H and O–H groups in total. The molecule has 1 saturated carbocycles. The summed E-state index contributed by atoms with van der Waals surface area (Å²) in [7, 11) is 0. The van der Waals surface area contributed by atoms with Crippen molar-refractivity contribution in [1.82, 2.24) is 15.3 Å². The van der Waals surface area contributed by atoms with Gasteiger partial charge in [-0.1, -0.05) is 31.5 Å². The number of nitrogens with zero attached hydrogens (tertiary/aromatic N) is 2. The number of nitrogens with one attached hydrogen (secondary N) is 2. The maximum absolute atomic E-state index is 6.02. The van der Waals surface area contributed by atoms with Gasteiger partial charge in [-0.2, -0.15) is 0 Å². The minimum absolute atomic E-state index is 0.357. The van der Waals surface area contributed by atoms with Crippen molar-refractivity contribution in [1.29, 1.82) is 0 Å². The minimum atomic E-state index is 0.357. The lowest BCUT2D eigenvalue weighted by molar-refractivity contribution is 0.627. The second kappa shape index (κ2) is 7.28. The van der Waals surface area contributed by atoms with Gasteiger partial charge in [-0.25, -0.2) is 9.97 Å². The summed E-state index contributed by atoms with van der Waals surface area (Å²) in [4.78, 5) is 9.16. The monoisotopic (exact) mass is 330 g/mol. The van der Waals surface area contributed by atoms with E-state index >= 15 is 0 Å². The van der Waals surface area contributed by atoms with E-state index in [-0.39, 0.29) is 0 Å². The van der Waals surface area contributed by atoms with Crippen molar-refractivity contribution in [3.05, 3.63) is 46.7 Å². The van der Waals surface area contributed by atoms with Crippen molar-refractivity contribution in [3.63, 3.8) is 0 Å². The molecule has 1 aliphatic carbocycles. The first-order chi connectivity index (χ1) is 11.1. The Morgan fingerprint density at radius 1 is 1.30 bits per heavy atom. The van der Waals surface area contributed by atoms with Crippen LogP contribution in [0.5, 0.6) is 0 Å². The molecule has 5 heteroatoms. The van der Waals surface area contributed by atoms with Crippen LogP contribution in [0.3, 0.4) is 0 Å². The van der Waals surface area contributed by atoms with E-state index in [2.05, 4.69) is 29.5 Å². The summed E-state index contributed by atoms with van der Waals surface area (Å²) < 4.78 is 0. The topological polar surface area (TPSA) is 49.8 Å². The zero-order chi connectivity index (χ0) is 16.2. The number of benzene rings is 1. The lowest BCUT2D eigenvalue weighted by atomic mass is 10.1. The molecule has 0 saturated heterocycles. The molecule has 0 amide bonds. The molecule has 0 aliphatic heterocycles. The Hall–Kier alpha value is -1.65. The van der Waals surface area contributed by atoms with Gasteiger partial charge in [0.2, 0.25) is 5.95 Å². The highest BCUT2D eigenvalue weighted by molar-refractivity contribution is 6.30. The molecule has 23 heavy (non-hydrogen) atoms. The van der Waals surface area contributed by atoms with Gasteiger partial charge in [-0.05, 0) is 49.4 Å². The summed E-state index contributed by atoms with van der Waals surface area (Å²) in [5.74, 6) is 1.85. The van der Waals surface area contributed by atoms with Crippen molar-refractivity contribution < 1.29 is 0 Å². The van der Waals surface area contributed by atoms with Gasteiger partial charge in [0, 0.05) is 29.0 Å². The summed E-state index contributed by atoms with van der Waals surface area (Å²) in [6, 6.07) is 7.58. The van der Waals surface area contributed by atoms with Gasteiger partial charge in [-0.15, -0.1) is 0 Å². The molecule has 2 aromatic rings. The molecule has 1 heterocycles. The first-order valence-corrected chi connectivity index (χ1v) is 8.58. The number of rotatable bonds is 7. The van der Waals surface area contributed by atoms with Crippen LogP contribution >= 0.6 is 11.6 Å². The molecule has 1 aromatic heterocycles. The van der Waals surface area contributed by atoms with Gasteiger partial charge in [0.15, 0.2) is 0 Å². The van der Waals surface area contributed by atoms with Crippen LogP contribution in [0, 0.1) is 5.92 Å². The number of halogens is 1. The lowest BCUT2D eigenvalue weighted by Crippen LogP contribution is -2.18. The van der Waals surface area contributed by atoms with Crippen LogP contribution in [0.25, 0.3) is 0 Å². The molecular weight excluding hydrogens is 308 g/mol. The Morgan fingerprint density at radius 2 is 2.13 bits per heavy atom. The Bertz CT molecular complexity index is 668. The largest absolute Gasteiger partial charge is 0.324 e. The minimum Gasteiger partial charge on any atom is -0.324 e. The maximum Gasteiger partial charge on any atom is 0.227 e. The van der Waals surface area contributed by atoms with Gasteiger partial charge in [0.05, 0.1) is 5.69 Å². The molecule has 0 bridgehead atoms. The van der Waals surface area contributed by atoms with Crippen LogP contribution in [-0.4, -0.2) is 16.5 Å². The standard InChI is InChI=1S/C18H23ClN4/c1-12(2)17-14(10-20-9-13-6-7-13)11-21-18(23-17)22-16-5-3-4-15(19)8-16/h3-5,8,11-13,20H,6-7,9-10H2,1-2H3,(H,21,22,23). The summed E-state index contributed by atoms with van der Waals surface area (Å²) in [5, 5.41) is 7.44. The third-order valence-electron chi connectivity index (χ3n) is 3.97. The SMILES string of the molecule is CC(C)c1nc(Nc2cccc(Cl)c2)ncc1CNCC1CC1. The quantitative estimate of drug-likeness (QED) is 0.785. The predicted molar refractivity (Wildman–Crippen MR) is 95.3 cm³/mol. The Kier molecular flexibility index (Phi) is 5.13. The summed E-state index contributed by atoms with van der Waals surface area (Å²) in [6.45, 7) is 6.26. The van der Waals surface area contributed by atoms with Gasteiger partial charge in [0.25, 0.3) is 0 Å². The molecule has 122 valence electrons. The molecule has 0 atom stereocenters. The van der Waals surface area contributed by atoms with Gasteiger partial charge < -0.3 is 10.6 Å². The number of hydrogen-bond donors (Lipinski definition) is 2. The Morgan fingerprint density at radius 3 is 2.83 bits per heavy atom. The predicted octanol–water partition coefficient (Wildman–Crippen LogP) is 4.50. The first kappa shape index (κ1) is 16.2. The van der Waals surface area contributed by atoms with Crippen LogP contribution < -0.4 is 10.6 Å². The van der Waals surface area contributed by atoms with Gasteiger partial charge in [0.1, 0.15) is 0 Å². The van der Waals surface area contributed by atoms with Crippen molar-refractivity contribution in [2.75, 3.05) is 11.9 Å². The fourth-order valence-electron chi connectivity index (χ4n) is 2.54. The van der Waals surface area contributed by atoms with E-state index in [1.165, 1.54) is 18.4 Å². The summed E-state index contributed by atoms with van der Waals surface area (Å²) >= 11 is 6.02. The molecule has 3 rings (SSSR count). The third-order valence-corrected chi connectivity index (χ3v) is 4.21. The van der Waals surface area contributed by atoms with Crippen LogP contribution in [-0.2, 0) is 6.54 Å². The summed E-state index contributed by atoms with van der Waals surface area (Å²) in [6.07, 6.45) is 4.65. The van der Waals surface area contributed by atoms with E-state index in [4.69, 9.17) is 16.6 Å². The van der Waals surface area contributed by atoms with Gasteiger partial charge >= 0.3 is 0 Å². The second-order valence-corrected chi connectivity index (χ2v) is 6.90. The lowest BCUT2D eigenvalue weighted by Gasteiger charge is -2.14. The van der Waals surface area contributed by atoms with Crippen LogP contribution in [0.2, 0.25) is 5.02 Å². The fraction of sp³-hybridized carbons (Fsp3) is 0.444. The maximum atomic E-state index is 6.02. The van der Waals surface area contributed by atoms with Crippen molar-refractivity contribution in [3.8, 4) is 0 Å². The van der Waals surface area contributed by atoms with Crippen molar-refractivity contribution >= 4 is 23.2 Å². The molecule has 0 radical (unpaired) electrons. The number of anilines is 2. The molecule has 1 aromatic carbocycles. The van der Waals surface area contributed by atoms with Gasteiger partial charge in [-0.3, -0.25) is 0 Å². The first-order valence-electron chi connectivity index (χ1n) is 8.21. The van der Waals surface area contributed by atoms with E-state index in [1.807, 2.05) is 30.5 Å². The van der Waals surface area contributed by atoms with Crippen LogP contribution in [0.4, 0.5) is 11.6 Å². The zero-order valence-corrected chi connectivity index (χ0v) is 14.4. The van der Waals surface area contributed by atoms with E-state index in [9.17, 15) is 0 Å². The van der Waals surface area contributed by atoms with Crippen LogP contribution in [0.15, 0.2) is 30.5 Å².